The Kier molecular flexibility index (Phi) is 8.66. The van der Waals surface area contributed by atoms with Gasteiger partial charge in [-0.1, -0.05) is 48.9 Å². The number of anilines is 1. The molecule has 0 spiro atoms. The number of carbonyl (C=O) groups excluding carboxylic acids is 2. The maximum absolute atomic E-state index is 14.5. The van der Waals surface area contributed by atoms with Crippen LogP contribution in [0.1, 0.15) is 45.6 Å². The topological polar surface area (TPSA) is 74.4 Å². The number of para-hydroxylation sites is 1. The lowest BCUT2D eigenvalue weighted by Gasteiger charge is -2.44. The van der Waals surface area contributed by atoms with Gasteiger partial charge in [0.25, 0.3) is 0 Å². The van der Waals surface area contributed by atoms with Gasteiger partial charge in [-0.2, -0.15) is 5.06 Å². The average molecular weight is 513 g/mol. The Bertz CT molecular complexity index is 1060. The van der Waals surface area contributed by atoms with E-state index < -0.39 is 23.6 Å². The zero-order chi connectivity index (χ0) is 26.4. The van der Waals surface area contributed by atoms with Crippen LogP contribution < -0.4 is 5.43 Å². The van der Waals surface area contributed by atoms with Crippen LogP contribution in [0, 0.1) is 11.7 Å². The second-order valence-electron chi connectivity index (χ2n) is 10.6. The molecular formula is C28H37FN4O4. The lowest BCUT2D eigenvalue weighted by atomic mass is 9.84. The van der Waals surface area contributed by atoms with E-state index in [1.54, 1.807) is 23.1 Å². The number of hydroxylamine groups is 2. The summed E-state index contributed by atoms with van der Waals surface area (Å²) in [4.78, 5) is 34.3. The number of hydrogen-bond donors (Lipinski definition) is 1. The Balaban J connectivity index is 1.53. The van der Waals surface area contributed by atoms with E-state index in [1.807, 2.05) is 56.2 Å². The first-order chi connectivity index (χ1) is 17.7. The molecule has 200 valence electrons. The van der Waals surface area contributed by atoms with Crippen LogP contribution in [0.25, 0.3) is 0 Å². The number of nitrogens with one attached hydrogen (secondary N) is 1. The molecule has 2 aromatic carbocycles. The number of amides is 2. The first kappa shape index (κ1) is 26.9. The molecule has 1 atom stereocenters. The van der Waals surface area contributed by atoms with E-state index in [9.17, 15) is 14.0 Å². The molecule has 2 aromatic rings. The van der Waals surface area contributed by atoms with Gasteiger partial charge in [0.05, 0.1) is 23.9 Å². The predicted octanol–water partition coefficient (Wildman–Crippen LogP) is 4.83. The zero-order valence-electron chi connectivity index (χ0n) is 21.9. The molecule has 2 fully saturated rings. The molecule has 9 heteroatoms. The van der Waals surface area contributed by atoms with Crippen LogP contribution in [-0.4, -0.2) is 64.8 Å². The first-order valence-electron chi connectivity index (χ1n) is 12.9. The molecule has 0 bridgehead atoms. The van der Waals surface area contributed by atoms with Gasteiger partial charge in [-0.15, -0.1) is 0 Å². The van der Waals surface area contributed by atoms with E-state index in [0.29, 0.717) is 19.6 Å². The number of carbonyl (C=O) groups is 2. The molecule has 4 rings (SSSR count). The third-order valence-electron chi connectivity index (χ3n) is 6.53. The van der Waals surface area contributed by atoms with E-state index in [1.165, 1.54) is 11.1 Å². The fourth-order valence-corrected chi connectivity index (χ4v) is 4.47. The Morgan fingerprint density at radius 2 is 1.76 bits per heavy atom. The maximum atomic E-state index is 14.5. The van der Waals surface area contributed by atoms with Crippen LogP contribution in [0.3, 0.4) is 0 Å². The van der Waals surface area contributed by atoms with Crippen molar-refractivity contribution in [1.29, 1.82) is 0 Å². The van der Waals surface area contributed by atoms with Crippen molar-refractivity contribution in [2.75, 3.05) is 31.6 Å². The van der Waals surface area contributed by atoms with Crippen molar-refractivity contribution in [1.82, 2.24) is 15.0 Å². The molecule has 2 aliphatic rings. The molecule has 1 heterocycles. The second-order valence-corrected chi connectivity index (χ2v) is 10.6. The summed E-state index contributed by atoms with van der Waals surface area (Å²) in [5.74, 6) is -0.654. The third-order valence-corrected chi connectivity index (χ3v) is 6.53. The van der Waals surface area contributed by atoms with E-state index in [2.05, 4.69) is 5.43 Å². The van der Waals surface area contributed by atoms with Crippen molar-refractivity contribution in [3.63, 3.8) is 0 Å². The van der Waals surface area contributed by atoms with Crippen LogP contribution in [0.15, 0.2) is 54.6 Å². The molecule has 37 heavy (non-hydrogen) atoms. The number of ether oxygens (including phenoxy) is 1. The molecular weight excluding hydrogens is 475 g/mol. The number of hydrogen-bond acceptors (Lipinski definition) is 6. The summed E-state index contributed by atoms with van der Waals surface area (Å²) in [7, 11) is 0. The highest BCUT2D eigenvalue weighted by Gasteiger charge is 2.38. The van der Waals surface area contributed by atoms with Crippen LogP contribution in [0.5, 0.6) is 0 Å². The summed E-state index contributed by atoms with van der Waals surface area (Å²) in [6.07, 6.45) is 2.16. The number of hydrazine groups is 1. The van der Waals surface area contributed by atoms with Crippen LogP contribution >= 0.6 is 0 Å². The van der Waals surface area contributed by atoms with Gasteiger partial charge in [-0.3, -0.25) is 20.1 Å². The van der Waals surface area contributed by atoms with E-state index in [-0.39, 0.29) is 30.7 Å². The molecule has 1 saturated heterocycles. The summed E-state index contributed by atoms with van der Waals surface area (Å²) < 4.78 is 20.1. The second kappa shape index (κ2) is 11.9. The quantitative estimate of drug-likeness (QED) is 0.511. The van der Waals surface area contributed by atoms with Crippen LogP contribution in [0.4, 0.5) is 14.9 Å². The normalized spacial score (nSPS) is 18.7. The van der Waals surface area contributed by atoms with Crippen molar-refractivity contribution in [3.05, 3.63) is 66.0 Å². The number of piperazine rings is 1. The summed E-state index contributed by atoms with van der Waals surface area (Å²) >= 11 is 0. The minimum absolute atomic E-state index is 0.0963. The molecule has 1 saturated carbocycles. The van der Waals surface area contributed by atoms with Crippen LogP contribution in [-0.2, 0) is 21.0 Å². The summed E-state index contributed by atoms with van der Waals surface area (Å²) in [5.41, 5.74) is 3.69. The minimum Gasteiger partial charge on any atom is -0.445 e. The zero-order valence-corrected chi connectivity index (χ0v) is 21.9. The monoisotopic (exact) mass is 512 g/mol. The molecule has 1 aliphatic heterocycles. The molecule has 0 radical (unpaired) electrons. The summed E-state index contributed by atoms with van der Waals surface area (Å²) in [6.45, 7) is 7.48. The van der Waals surface area contributed by atoms with Gasteiger partial charge in [0.15, 0.2) is 0 Å². The first-order valence-corrected chi connectivity index (χ1v) is 12.9. The molecule has 1 aliphatic carbocycles. The van der Waals surface area contributed by atoms with Crippen LogP contribution in [0.2, 0.25) is 0 Å². The maximum Gasteiger partial charge on any atom is 0.410 e. The molecule has 0 aromatic heterocycles. The Morgan fingerprint density at radius 1 is 1.05 bits per heavy atom. The van der Waals surface area contributed by atoms with E-state index in [4.69, 9.17) is 9.57 Å². The highest BCUT2D eigenvalue weighted by atomic mass is 19.1. The largest absolute Gasteiger partial charge is 0.445 e. The Hall–Kier alpha value is -3.17. The van der Waals surface area contributed by atoms with Crippen molar-refractivity contribution in [3.8, 4) is 0 Å². The standard InChI is InChI=1S/C28H37FN4O4/c1-28(2,3)37-31-16-17-32(27(35)36-20-21-10-5-4-6-11-21)23(18-31)19-33(26(34)22-12-9-13-22)30-25-15-8-7-14-24(25)29/h4-8,10-11,14-15,22-23,30H,9,12-13,16-20H2,1-3H3. The predicted molar refractivity (Wildman–Crippen MR) is 139 cm³/mol. The SMILES string of the molecule is CC(C)(C)ON1CCN(C(=O)OCc2ccccc2)C(CN(Nc2ccccc2F)C(=O)C2CCC2)C1. The van der Waals surface area contributed by atoms with Crippen molar-refractivity contribution >= 4 is 17.7 Å². The lowest BCUT2D eigenvalue weighted by Crippen LogP contribution is -2.61. The van der Waals surface area contributed by atoms with Crippen molar-refractivity contribution in [2.24, 2.45) is 5.92 Å². The fraction of sp³-hybridized carbons (Fsp3) is 0.500. The van der Waals surface area contributed by atoms with E-state index >= 15 is 0 Å². The number of halogens is 1. The molecule has 1 unspecified atom stereocenters. The summed E-state index contributed by atoms with van der Waals surface area (Å²) in [6, 6.07) is 15.3. The Morgan fingerprint density at radius 3 is 2.41 bits per heavy atom. The molecule has 8 nitrogen and oxygen atoms in total. The van der Waals surface area contributed by atoms with Gasteiger partial charge in [-0.25, -0.2) is 9.18 Å². The molecule has 1 N–H and O–H groups in total. The van der Waals surface area contributed by atoms with Gasteiger partial charge in [0.2, 0.25) is 5.91 Å². The highest BCUT2D eigenvalue weighted by molar-refractivity contribution is 5.81. The minimum atomic E-state index is -0.453. The Labute approximate surface area is 218 Å². The number of nitrogens with zero attached hydrogens (tertiary/aromatic N) is 3. The van der Waals surface area contributed by atoms with E-state index in [0.717, 1.165) is 24.8 Å². The number of benzene rings is 2. The number of rotatable bonds is 8. The lowest BCUT2D eigenvalue weighted by molar-refractivity contribution is -0.245. The molecule has 2 amide bonds. The average Bonchev–Trinajstić information content (AvgIpc) is 2.82. The fourth-order valence-electron chi connectivity index (χ4n) is 4.47. The van der Waals surface area contributed by atoms with Gasteiger partial charge in [0, 0.05) is 25.6 Å². The van der Waals surface area contributed by atoms with Gasteiger partial charge >= 0.3 is 6.09 Å². The highest BCUT2D eigenvalue weighted by Crippen LogP contribution is 2.29. The van der Waals surface area contributed by atoms with Gasteiger partial charge in [0.1, 0.15) is 12.4 Å². The van der Waals surface area contributed by atoms with Crippen molar-refractivity contribution < 1.29 is 23.6 Å². The summed E-state index contributed by atoms with van der Waals surface area (Å²) in [5, 5.41) is 3.30. The van der Waals surface area contributed by atoms with Gasteiger partial charge in [-0.05, 0) is 51.3 Å². The third kappa shape index (κ3) is 7.42. The van der Waals surface area contributed by atoms with Crippen molar-refractivity contribution in [2.45, 2.75) is 58.3 Å². The smallest absolute Gasteiger partial charge is 0.410 e. The van der Waals surface area contributed by atoms with Gasteiger partial charge < -0.3 is 9.64 Å².